The van der Waals surface area contributed by atoms with Crippen molar-refractivity contribution in [3.8, 4) is 0 Å². The van der Waals surface area contributed by atoms with Crippen LogP contribution in [0.3, 0.4) is 0 Å². The number of para-hydroxylation sites is 1. The van der Waals surface area contributed by atoms with Crippen LogP contribution in [0.25, 0.3) is 0 Å². The van der Waals surface area contributed by atoms with Gasteiger partial charge in [-0.3, -0.25) is 4.79 Å². The standard InChI is InChI=1S/C20H26N4O2/c1-13-22-23-20(26-13)12-15-7-8-16(11-15)21-18-9-10-24(14(2)25)19-6-4-3-5-17(18)19/h3-6,15-16,18,21H,7-12H2,1-2H3/t15-,16+,18?/m1/s1. The zero-order chi connectivity index (χ0) is 18.1. The molecule has 1 N–H and O–H groups in total. The Morgan fingerprint density at radius 3 is 2.88 bits per heavy atom. The fourth-order valence-electron chi connectivity index (χ4n) is 4.43. The number of anilines is 1. The van der Waals surface area contributed by atoms with Gasteiger partial charge in [0.25, 0.3) is 0 Å². The minimum Gasteiger partial charge on any atom is -0.426 e. The summed E-state index contributed by atoms with van der Waals surface area (Å²) >= 11 is 0. The summed E-state index contributed by atoms with van der Waals surface area (Å²) < 4.78 is 5.53. The Hall–Kier alpha value is -2.21. The second kappa shape index (κ2) is 7.19. The predicted molar refractivity (Wildman–Crippen MR) is 98.8 cm³/mol. The zero-order valence-corrected chi connectivity index (χ0v) is 15.4. The third-order valence-electron chi connectivity index (χ3n) is 5.63. The van der Waals surface area contributed by atoms with Gasteiger partial charge < -0.3 is 14.6 Å². The molecule has 0 spiro atoms. The maximum Gasteiger partial charge on any atom is 0.223 e. The van der Waals surface area contributed by atoms with Crippen molar-refractivity contribution in [2.75, 3.05) is 11.4 Å². The number of benzene rings is 1. The van der Waals surface area contributed by atoms with Crippen molar-refractivity contribution in [3.05, 3.63) is 41.6 Å². The summed E-state index contributed by atoms with van der Waals surface area (Å²) in [4.78, 5) is 13.8. The number of hydrogen-bond acceptors (Lipinski definition) is 5. The van der Waals surface area contributed by atoms with Crippen molar-refractivity contribution in [3.63, 3.8) is 0 Å². The van der Waals surface area contributed by atoms with Gasteiger partial charge in [0.05, 0.1) is 0 Å². The molecule has 0 radical (unpaired) electrons. The van der Waals surface area contributed by atoms with Crippen LogP contribution in [-0.2, 0) is 11.2 Å². The molecule has 0 bridgehead atoms. The molecule has 6 nitrogen and oxygen atoms in total. The van der Waals surface area contributed by atoms with Crippen molar-refractivity contribution in [2.24, 2.45) is 5.92 Å². The first-order valence-electron chi connectivity index (χ1n) is 9.52. The molecular formula is C20H26N4O2. The molecular weight excluding hydrogens is 328 g/mol. The van der Waals surface area contributed by atoms with Gasteiger partial charge in [-0.15, -0.1) is 10.2 Å². The third kappa shape index (κ3) is 3.51. The number of fused-ring (bicyclic) bond motifs is 1. The summed E-state index contributed by atoms with van der Waals surface area (Å²) in [6.45, 7) is 4.26. The molecule has 3 atom stereocenters. The molecule has 1 unspecified atom stereocenters. The van der Waals surface area contributed by atoms with E-state index in [4.69, 9.17) is 4.42 Å². The van der Waals surface area contributed by atoms with Crippen molar-refractivity contribution in [1.82, 2.24) is 15.5 Å². The van der Waals surface area contributed by atoms with Crippen LogP contribution in [0.4, 0.5) is 5.69 Å². The highest BCUT2D eigenvalue weighted by Crippen LogP contribution is 2.36. The Labute approximate surface area is 154 Å². The summed E-state index contributed by atoms with van der Waals surface area (Å²) in [6.07, 6.45) is 5.33. The average molecular weight is 354 g/mol. The van der Waals surface area contributed by atoms with E-state index in [9.17, 15) is 4.79 Å². The van der Waals surface area contributed by atoms with Gasteiger partial charge in [0.15, 0.2) is 0 Å². The Morgan fingerprint density at radius 1 is 1.27 bits per heavy atom. The fourth-order valence-corrected chi connectivity index (χ4v) is 4.43. The van der Waals surface area contributed by atoms with Gasteiger partial charge in [-0.05, 0) is 43.2 Å². The van der Waals surface area contributed by atoms with Crippen LogP contribution >= 0.6 is 0 Å². The molecule has 1 saturated carbocycles. The molecule has 0 saturated heterocycles. The monoisotopic (exact) mass is 354 g/mol. The van der Waals surface area contributed by atoms with E-state index < -0.39 is 0 Å². The number of nitrogens with zero attached hydrogens (tertiary/aromatic N) is 3. The lowest BCUT2D eigenvalue weighted by Crippen LogP contribution is -2.40. The van der Waals surface area contributed by atoms with Gasteiger partial charge in [-0.1, -0.05) is 18.2 Å². The number of aryl methyl sites for hydroxylation is 1. The van der Waals surface area contributed by atoms with Gasteiger partial charge >= 0.3 is 0 Å². The van der Waals surface area contributed by atoms with Crippen LogP contribution in [0.15, 0.2) is 28.7 Å². The van der Waals surface area contributed by atoms with Gasteiger partial charge in [0.2, 0.25) is 17.7 Å². The number of hydrogen-bond donors (Lipinski definition) is 1. The molecule has 1 amide bonds. The first-order chi connectivity index (χ1) is 12.6. The SMILES string of the molecule is CC(=O)N1CCC(N[C@H]2CC[C@@H](Cc3nnc(C)o3)C2)c2ccccc21. The largest absolute Gasteiger partial charge is 0.426 e. The van der Waals surface area contributed by atoms with Gasteiger partial charge in [0.1, 0.15) is 0 Å². The normalized spacial score (nSPS) is 25.3. The Bertz CT molecular complexity index is 788. The second-order valence-corrected chi connectivity index (χ2v) is 7.53. The van der Waals surface area contributed by atoms with E-state index in [0.29, 0.717) is 23.9 Å². The molecule has 6 heteroatoms. The van der Waals surface area contributed by atoms with E-state index in [2.05, 4.69) is 33.7 Å². The Morgan fingerprint density at radius 2 is 2.12 bits per heavy atom. The van der Waals surface area contributed by atoms with Crippen LogP contribution in [0.1, 0.15) is 56.0 Å². The Balaban J connectivity index is 1.40. The van der Waals surface area contributed by atoms with E-state index in [0.717, 1.165) is 37.4 Å². The smallest absolute Gasteiger partial charge is 0.223 e. The van der Waals surface area contributed by atoms with Gasteiger partial charge in [0, 0.05) is 44.6 Å². The maximum atomic E-state index is 11.9. The third-order valence-corrected chi connectivity index (χ3v) is 5.63. The number of carbonyl (C=O) groups is 1. The molecule has 2 aromatic rings. The molecule has 2 aliphatic rings. The minimum atomic E-state index is 0.117. The molecule has 26 heavy (non-hydrogen) atoms. The van der Waals surface area contributed by atoms with Crippen LogP contribution in [0, 0.1) is 12.8 Å². The number of amides is 1. The fraction of sp³-hybridized carbons (Fsp3) is 0.550. The van der Waals surface area contributed by atoms with Crippen LogP contribution in [0.5, 0.6) is 0 Å². The van der Waals surface area contributed by atoms with Crippen molar-refractivity contribution >= 4 is 11.6 Å². The average Bonchev–Trinajstić information content (AvgIpc) is 3.24. The van der Waals surface area contributed by atoms with E-state index in [1.807, 2.05) is 17.9 Å². The van der Waals surface area contributed by atoms with Crippen molar-refractivity contribution < 1.29 is 9.21 Å². The summed E-state index contributed by atoms with van der Waals surface area (Å²) in [6, 6.07) is 9.10. The summed E-state index contributed by atoms with van der Waals surface area (Å²) in [7, 11) is 0. The molecule has 2 heterocycles. The highest BCUT2D eigenvalue weighted by Gasteiger charge is 2.32. The number of nitrogens with one attached hydrogen (secondary N) is 1. The van der Waals surface area contributed by atoms with E-state index in [1.54, 1.807) is 6.92 Å². The van der Waals surface area contributed by atoms with Gasteiger partial charge in [-0.25, -0.2) is 0 Å². The maximum absolute atomic E-state index is 11.9. The number of rotatable bonds is 4. The van der Waals surface area contributed by atoms with Crippen molar-refractivity contribution in [1.29, 1.82) is 0 Å². The molecule has 4 rings (SSSR count). The first kappa shape index (κ1) is 17.2. The lowest BCUT2D eigenvalue weighted by Gasteiger charge is -2.35. The lowest BCUT2D eigenvalue weighted by molar-refractivity contribution is -0.116. The van der Waals surface area contributed by atoms with Crippen LogP contribution < -0.4 is 10.2 Å². The molecule has 1 aliphatic carbocycles. The van der Waals surface area contributed by atoms with Gasteiger partial charge in [-0.2, -0.15) is 0 Å². The molecule has 138 valence electrons. The molecule has 1 fully saturated rings. The van der Waals surface area contributed by atoms with E-state index in [-0.39, 0.29) is 5.91 Å². The topological polar surface area (TPSA) is 71.3 Å². The predicted octanol–water partition coefficient (Wildman–Crippen LogP) is 3.18. The molecule has 1 aromatic carbocycles. The quantitative estimate of drug-likeness (QED) is 0.913. The zero-order valence-electron chi connectivity index (χ0n) is 15.4. The lowest BCUT2D eigenvalue weighted by atomic mass is 9.95. The summed E-state index contributed by atoms with van der Waals surface area (Å²) in [5.74, 6) is 2.11. The molecule has 1 aromatic heterocycles. The highest BCUT2D eigenvalue weighted by atomic mass is 16.4. The first-order valence-corrected chi connectivity index (χ1v) is 9.52. The van der Waals surface area contributed by atoms with Crippen LogP contribution in [-0.4, -0.2) is 28.7 Å². The number of aromatic nitrogens is 2. The summed E-state index contributed by atoms with van der Waals surface area (Å²) in [5.41, 5.74) is 2.30. The van der Waals surface area contributed by atoms with Crippen LogP contribution in [0.2, 0.25) is 0 Å². The van der Waals surface area contributed by atoms with E-state index in [1.165, 1.54) is 18.4 Å². The van der Waals surface area contributed by atoms with E-state index >= 15 is 0 Å². The summed E-state index contributed by atoms with van der Waals surface area (Å²) in [5, 5.41) is 11.9. The highest BCUT2D eigenvalue weighted by molar-refractivity contribution is 5.92. The molecule has 1 aliphatic heterocycles. The Kier molecular flexibility index (Phi) is 4.76. The minimum absolute atomic E-state index is 0.117. The second-order valence-electron chi connectivity index (χ2n) is 7.53. The number of carbonyl (C=O) groups excluding carboxylic acids is 1. The van der Waals surface area contributed by atoms with Crippen molar-refractivity contribution in [2.45, 2.75) is 58.0 Å².